The molecule has 69 valence electrons. The highest BCUT2D eigenvalue weighted by molar-refractivity contribution is 7.25. The minimum absolute atomic E-state index is 0.400. The van der Waals surface area contributed by atoms with Gasteiger partial charge in [-0.3, -0.25) is 10.3 Å². The van der Waals surface area contributed by atoms with Gasteiger partial charge in [0.05, 0.1) is 0 Å². The Kier molecular flexibility index (Phi) is 3.51. The molecule has 0 bridgehead atoms. The number of ether oxygens (including phenoxy) is 1. The molecule has 1 aromatic rings. The van der Waals surface area contributed by atoms with Gasteiger partial charge < -0.3 is 9.84 Å². The van der Waals surface area contributed by atoms with E-state index in [1.807, 2.05) is 0 Å². The molecule has 1 rings (SSSR count). The maximum atomic E-state index is 10.7. The van der Waals surface area contributed by atoms with Gasteiger partial charge in [-0.2, -0.15) is 0 Å². The average molecular weight is 198 g/mol. The van der Waals surface area contributed by atoms with E-state index in [0.29, 0.717) is 5.56 Å². The zero-order chi connectivity index (χ0) is 9.73. The first-order valence-corrected chi connectivity index (χ1v) is 4.39. The fourth-order valence-corrected chi connectivity index (χ4v) is 1.25. The molecule has 1 unspecified atom stereocenters. The Labute approximate surface area is 77.5 Å². The van der Waals surface area contributed by atoms with Crippen LogP contribution in [-0.2, 0) is 14.8 Å². The maximum absolute atomic E-state index is 10.7. The third kappa shape index (κ3) is 2.32. The molecule has 0 heterocycles. The molecule has 0 aromatic heterocycles. The summed E-state index contributed by atoms with van der Waals surface area (Å²) in [4.78, 5) is 0. The third-order valence-corrected chi connectivity index (χ3v) is 2.21. The maximum Gasteiger partial charge on any atom is 0.226 e. The van der Waals surface area contributed by atoms with E-state index in [1.54, 1.807) is 24.3 Å². The Morgan fingerprint density at radius 1 is 1.62 bits per heavy atom. The molecule has 0 aliphatic heterocycles. The highest BCUT2D eigenvalue weighted by Gasteiger charge is 2.28. The molecule has 0 aliphatic rings. The van der Waals surface area contributed by atoms with E-state index in [2.05, 4.69) is 6.07 Å². The Bertz CT molecular complexity index is 280. The fourth-order valence-electron chi connectivity index (χ4n) is 0.886. The first-order valence-electron chi connectivity index (χ1n) is 3.58. The zero-order valence-electron chi connectivity index (χ0n) is 6.80. The summed E-state index contributed by atoms with van der Waals surface area (Å²) in [5.41, 5.74) is 4.66. The van der Waals surface area contributed by atoms with Gasteiger partial charge in [0, 0.05) is 5.56 Å². The van der Waals surface area contributed by atoms with Gasteiger partial charge >= 0.3 is 0 Å². The summed E-state index contributed by atoms with van der Waals surface area (Å²) in [5, 5.41) is 8.54. The van der Waals surface area contributed by atoms with E-state index < -0.39 is 20.7 Å². The quantitative estimate of drug-likeness (QED) is 0.554. The lowest BCUT2D eigenvalue weighted by molar-refractivity contribution is -0.0715. The number of hydrogen-bond donors (Lipinski definition) is 2. The molecule has 13 heavy (non-hydrogen) atoms. The lowest BCUT2D eigenvalue weighted by atomic mass is 10.2. The first kappa shape index (κ1) is 10.3. The number of rotatable bonds is 4. The van der Waals surface area contributed by atoms with E-state index in [9.17, 15) is 4.57 Å². The predicted octanol–water partition coefficient (Wildman–Crippen LogP) is 0.814. The van der Waals surface area contributed by atoms with Gasteiger partial charge in [0.15, 0.2) is 0 Å². The van der Waals surface area contributed by atoms with Gasteiger partial charge in [0.25, 0.3) is 0 Å². The van der Waals surface area contributed by atoms with Crippen molar-refractivity contribution < 1.29 is 14.4 Å². The molecule has 4 nitrogen and oxygen atoms in total. The van der Waals surface area contributed by atoms with Crippen molar-refractivity contribution >= 4 is 8.46 Å². The molecular formula is C8H9NO3P. The van der Waals surface area contributed by atoms with Crippen LogP contribution < -0.4 is 5.73 Å². The van der Waals surface area contributed by atoms with E-state index in [1.165, 1.54) is 0 Å². The number of benzene rings is 1. The molecule has 3 N–H and O–H groups in total. The topological polar surface area (TPSA) is 72.6 Å². The van der Waals surface area contributed by atoms with Gasteiger partial charge in [-0.25, -0.2) is 0 Å². The minimum Gasteiger partial charge on any atom is -0.371 e. The monoisotopic (exact) mass is 198 g/mol. The van der Waals surface area contributed by atoms with E-state index in [-0.39, 0.29) is 0 Å². The molecule has 0 aliphatic carbocycles. The second kappa shape index (κ2) is 4.44. The smallest absolute Gasteiger partial charge is 0.226 e. The van der Waals surface area contributed by atoms with Crippen molar-refractivity contribution in [3.8, 4) is 0 Å². The van der Waals surface area contributed by atoms with Crippen molar-refractivity contribution in [3.05, 3.63) is 35.9 Å². The molecule has 1 aromatic carbocycles. The minimum atomic E-state index is -1.47. The van der Waals surface area contributed by atoms with E-state index in [0.717, 1.165) is 0 Å². The van der Waals surface area contributed by atoms with Gasteiger partial charge in [-0.15, -0.1) is 0 Å². The summed E-state index contributed by atoms with van der Waals surface area (Å²) < 4.78 is 15.5. The number of aliphatic hydroxyl groups excluding tert-OH is 1. The van der Waals surface area contributed by atoms with Crippen molar-refractivity contribution in [1.82, 2.24) is 0 Å². The van der Waals surface area contributed by atoms with Gasteiger partial charge in [-0.05, 0) is 6.07 Å². The van der Waals surface area contributed by atoms with Gasteiger partial charge in [-0.1, -0.05) is 24.3 Å². The second-order valence-corrected chi connectivity index (χ2v) is 3.20. The SMILES string of the molecule is NC(OCO)(P=O)c1cc[c]cc1. The van der Waals surface area contributed by atoms with E-state index >= 15 is 0 Å². The van der Waals surface area contributed by atoms with Crippen LogP contribution in [0.1, 0.15) is 5.56 Å². The van der Waals surface area contributed by atoms with Crippen molar-refractivity contribution in [2.45, 2.75) is 5.47 Å². The number of aliphatic hydroxyl groups is 1. The van der Waals surface area contributed by atoms with E-state index in [4.69, 9.17) is 15.6 Å². The molecule has 0 saturated heterocycles. The summed E-state index contributed by atoms with van der Waals surface area (Å²) in [6, 6.07) is 9.30. The molecule has 1 radical (unpaired) electrons. The molecular weight excluding hydrogens is 189 g/mol. The molecule has 0 spiro atoms. The lowest BCUT2D eigenvalue weighted by Crippen LogP contribution is -2.33. The van der Waals surface area contributed by atoms with Gasteiger partial charge in [0.2, 0.25) is 13.9 Å². The Balaban J connectivity index is 2.95. The van der Waals surface area contributed by atoms with Crippen LogP contribution in [-0.4, -0.2) is 11.9 Å². The largest absolute Gasteiger partial charge is 0.371 e. The van der Waals surface area contributed by atoms with Crippen LogP contribution in [0.3, 0.4) is 0 Å². The van der Waals surface area contributed by atoms with Crippen LogP contribution >= 0.6 is 8.46 Å². The zero-order valence-corrected chi connectivity index (χ0v) is 7.70. The summed E-state index contributed by atoms with van der Waals surface area (Å²) >= 11 is 0. The summed E-state index contributed by atoms with van der Waals surface area (Å²) in [5.74, 6) is 0. The van der Waals surface area contributed by atoms with Crippen molar-refractivity contribution in [2.75, 3.05) is 6.79 Å². The first-order chi connectivity index (χ1) is 6.23. The average Bonchev–Trinajstić information content (AvgIpc) is 2.19. The molecule has 1 atom stereocenters. The van der Waals surface area contributed by atoms with Crippen molar-refractivity contribution in [1.29, 1.82) is 0 Å². The highest BCUT2D eigenvalue weighted by atomic mass is 31.1. The van der Waals surface area contributed by atoms with Crippen molar-refractivity contribution in [2.24, 2.45) is 5.73 Å². The molecule has 0 fully saturated rings. The predicted molar refractivity (Wildman–Crippen MR) is 46.9 cm³/mol. The van der Waals surface area contributed by atoms with Gasteiger partial charge in [0.1, 0.15) is 6.79 Å². The lowest BCUT2D eigenvalue weighted by Gasteiger charge is -2.20. The standard InChI is InChI=1S/C8H9NO3P/c9-8(13-11,12-6-10)7-4-2-1-3-5-7/h2-5,10H,6,9H2. The van der Waals surface area contributed by atoms with Crippen LogP contribution in [0.2, 0.25) is 0 Å². The van der Waals surface area contributed by atoms with Crippen LogP contribution in [0.25, 0.3) is 0 Å². The van der Waals surface area contributed by atoms with Crippen LogP contribution in [0.4, 0.5) is 0 Å². The van der Waals surface area contributed by atoms with Crippen LogP contribution in [0.15, 0.2) is 24.3 Å². The summed E-state index contributed by atoms with van der Waals surface area (Å²) in [7, 11) is -0.400. The normalized spacial score (nSPS) is 15.5. The second-order valence-electron chi connectivity index (χ2n) is 2.35. The molecule has 0 amide bonds. The molecule has 0 saturated carbocycles. The van der Waals surface area contributed by atoms with Crippen LogP contribution in [0.5, 0.6) is 0 Å². The Morgan fingerprint density at radius 2 is 2.23 bits per heavy atom. The fraction of sp³-hybridized carbons (Fsp3) is 0.250. The molecule has 5 heteroatoms. The number of nitrogens with two attached hydrogens (primary N) is 1. The number of hydrogen-bond acceptors (Lipinski definition) is 4. The highest BCUT2D eigenvalue weighted by Crippen LogP contribution is 2.29. The van der Waals surface area contributed by atoms with Crippen LogP contribution in [0, 0.1) is 6.07 Å². The van der Waals surface area contributed by atoms with Crippen molar-refractivity contribution in [3.63, 3.8) is 0 Å². The summed E-state index contributed by atoms with van der Waals surface area (Å²) in [6.45, 7) is -0.579. The third-order valence-electron chi connectivity index (χ3n) is 1.55. The summed E-state index contributed by atoms with van der Waals surface area (Å²) in [6.07, 6.45) is 0. The Hall–Kier alpha value is -0.800. The Morgan fingerprint density at radius 3 is 2.69 bits per heavy atom.